The number of carbonyl (C=O) groups excluding carboxylic acids is 1. The van der Waals surface area contributed by atoms with E-state index in [-0.39, 0.29) is 5.78 Å². The van der Waals surface area contributed by atoms with Crippen LogP contribution in [0.5, 0.6) is 0 Å². The Hall–Kier alpha value is -1.51. The standard InChI is InChI=1S/C14H22N2O/c1-4-9-16(10-5-2)13-8-6-7-12(11(3)17)14(13)15/h6-8H,4-5,9-10,15H2,1-3H3. The van der Waals surface area contributed by atoms with Crippen molar-refractivity contribution in [3.05, 3.63) is 23.8 Å². The van der Waals surface area contributed by atoms with E-state index >= 15 is 0 Å². The highest BCUT2D eigenvalue weighted by atomic mass is 16.1. The number of hydrogen-bond donors (Lipinski definition) is 1. The molecular weight excluding hydrogens is 212 g/mol. The van der Waals surface area contributed by atoms with Crippen molar-refractivity contribution < 1.29 is 4.79 Å². The summed E-state index contributed by atoms with van der Waals surface area (Å²) in [4.78, 5) is 13.7. The van der Waals surface area contributed by atoms with Gasteiger partial charge in [0.15, 0.2) is 5.78 Å². The number of ketones is 1. The first-order valence-corrected chi connectivity index (χ1v) is 6.26. The molecule has 17 heavy (non-hydrogen) atoms. The predicted molar refractivity (Wildman–Crippen MR) is 73.7 cm³/mol. The molecule has 3 nitrogen and oxygen atoms in total. The second kappa shape index (κ2) is 6.28. The highest BCUT2D eigenvalue weighted by molar-refractivity contribution is 6.01. The third kappa shape index (κ3) is 3.22. The van der Waals surface area contributed by atoms with Crippen LogP contribution in [-0.2, 0) is 0 Å². The Bertz CT molecular complexity index is 382. The van der Waals surface area contributed by atoms with E-state index in [4.69, 9.17) is 5.73 Å². The van der Waals surface area contributed by atoms with E-state index < -0.39 is 0 Å². The molecule has 0 spiro atoms. The Balaban J connectivity index is 3.10. The Morgan fingerprint density at radius 2 is 1.82 bits per heavy atom. The lowest BCUT2D eigenvalue weighted by molar-refractivity contribution is 0.101. The van der Waals surface area contributed by atoms with Gasteiger partial charge in [-0.2, -0.15) is 0 Å². The van der Waals surface area contributed by atoms with Crippen molar-refractivity contribution in [1.29, 1.82) is 0 Å². The molecule has 0 radical (unpaired) electrons. The minimum absolute atomic E-state index is 0.0253. The third-order valence-electron chi connectivity index (χ3n) is 2.79. The third-order valence-corrected chi connectivity index (χ3v) is 2.79. The Morgan fingerprint density at radius 3 is 2.29 bits per heavy atom. The summed E-state index contributed by atoms with van der Waals surface area (Å²) in [5.41, 5.74) is 8.31. The first-order valence-electron chi connectivity index (χ1n) is 6.26. The zero-order valence-electron chi connectivity index (χ0n) is 11.0. The fourth-order valence-electron chi connectivity index (χ4n) is 2.03. The minimum Gasteiger partial charge on any atom is -0.396 e. The largest absolute Gasteiger partial charge is 0.396 e. The van der Waals surface area contributed by atoms with Crippen LogP contribution in [0.2, 0.25) is 0 Å². The molecule has 0 unspecified atom stereocenters. The summed E-state index contributed by atoms with van der Waals surface area (Å²) < 4.78 is 0. The van der Waals surface area contributed by atoms with E-state index in [1.165, 1.54) is 0 Å². The number of rotatable bonds is 6. The van der Waals surface area contributed by atoms with Gasteiger partial charge in [-0.25, -0.2) is 0 Å². The van der Waals surface area contributed by atoms with Crippen LogP contribution < -0.4 is 10.6 Å². The molecule has 0 fully saturated rings. The van der Waals surface area contributed by atoms with Crippen molar-refractivity contribution in [3.63, 3.8) is 0 Å². The Morgan fingerprint density at radius 1 is 1.24 bits per heavy atom. The highest BCUT2D eigenvalue weighted by Gasteiger charge is 2.13. The highest BCUT2D eigenvalue weighted by Crippen LogP contribution is 2.27. The SMILES string of the molecule is CCCN(CCC)c1cccc(C(C)=O)c1N. The zero-order valence-corrected chi connectivity index (χ0v) is 11.0. The normalized spacial score (nSPS) is 10.3. The fraction of sp³-hybridized carbons (Fsp3) is 0.500. The monoisotopic (exact) mass is 234 g/mol. The van der Waals surface area contributed by atoms with Crippen molar-refractivity contribution >= 4 is 17.2 Å². The summed E-state index contributed by atoms with van der Waals surface area (Å²) in [6.07, 6.45) is 2.15. The molecule has 0 amide bonds. The van der Waals surface area contributed by atoms with Gasteiger partial charge in [0.25, 0.3) is 0 Å². The average molecular weight is 234 g/mol. The van der Waals surface area contributed by atoms with Crippen LogP contribution in [0.25, 0.3) is 0 Å². The minimum atomic E-state index is 0.0253. The van der Waals surface area contributed by atoms with Gasteiger partial charge in [-0.05, 0) is 31.9 Å². The summed E-state index contributed by atoms with van der Waals surface area (Å²) in [6.45, 7) is 7.79. The van der Waals surface area contributed by atoms with Gasteiger partial charge in [0.05, 0.1) is 11.4 Å². The van der Waals surface area contributed by atoms with Crippen molar-refractivity contribution in [2.75, 3.05) is 23.7 Å². The lowest BCUT2D eigenvalue weighted by Gasteiger charge is -2.26. The number of nitrogens with zero attached hydrogens (tertiary/aromatic N) is 1. The molecule has 0 aliphatic rings. The number of anilines is 2. The molecule has 0 aromatic heterocycles. The number of nitrogens with two attached hydrogens (primary N) is 1. The molecule has 3 heteroatoms. The molecule has 1 aromatic rings. The van der Waals surface area contributed by atoms with Gasteiger partial charge in [-0.3, -0.25) is 4.79 Å². The van der Waals surface area contributed by atoms with E-state index in [1.54, 1.807) is 13.0 Å². The zero-order chi connectivity index (χ0) is 12.8. The van der Waals surface area contributed by atoms with Crippen LogP contribution in [0.1, 0.15) is 44.0 Å². The van der Waals surface area contributed by atoms with Crippen molar-refractivity contribution in [2.45, 2.75) is 33.6 Å². The van der Waals surface area contributed by atoms with E-state index in [1.807, 2.05) is 12.1 Å². The van der Waals surface area contributed by atoms with Crippen LogP contribution >= 0.6 is 0 Å². The molecular formula is C14H22N2O. The van der Waals surface area contributed by atoms with Gasteiger partial charge >= 0.3 is 0 Å². The topological polar surface area (TPSA) is 46.3 Å². The second-order valence-corrected chi connectivity index (χ2v) is 4.28. The van der Waals surface area contributed by atoms with Crippen molar-refractivity contribution in [3.8, 4) is 0 Å². The number of para-hydroxylation sites is 1. The molecule has 0 bridgehead atoms. The molecule has 0 saturated carbocycles. The lowest BCUT2D eigenvalue weighted by Crippen LogP contribution is -2.26. The number of carbonyl (C=O) groups is 1. The number of benzene rings is 1. The van der Waals surface area contributed by atoms with Gasteiger partial charge in [0.1, 0.15) is 0 Å². The molecule has 0 atom stereocenters. The number of Topliss-reactive ketones (excluding diaryl/α,β-unsaturated/α-hetero) is 1. The fourth-order valence-corrected chi connectivity index (χ4v) is 2.03. The molecule has 0 heterocycles. The summed E-state index contributed by atoms with van der Waals surface area (Å²) in [5.74, 6) is 0.0253. The number of hydrogen-bond acceptors (Lipinski definition) is 3. The molecule has 1 aromatic carbocycles. The van der Waals surface area contributed by atoms with Crippen molar-refractivity contribution in [2.24, 2.45) is 0 Å². The maximum Gasteiger partial charge on any atom is 0.161 e. The van der Waals surface area contributed by atoms with Gasteiger partial charge in [-0.15, -0.1) is 0 Å². The Labute approximate surface area is 104 Å². The van der Waals surface area contributed by atoms with Crippen LogP contribution in [0.3, 0.4) is 0 Å². The van der Waals surface area contributed by atoms with E-state index in [0.717, 1.165) is 31.6 Å². The first-order chi connectivity index (χ1) is 8.11. The maximum atomic E-state index is 11.5. The predicted octanol–water partition coefficient (Wildman–Crippen LogP) is 3.10. The van der Waals surface area contributed by atoms with Gasteiger partial charge in [-0.1, -0.05) is 19.9 Å². The summed E-state index contributed by atoms with van der Waals surface area (Å²) in [7, 11) is 0. The van der Waals surface area contributed by atoms with E-state index in [2.05, 4.69) is 18.7 Å². The van der Waals surface area contributed by atoms with Crippen LogP contribution in [-0.4, -0.2) is 18.9 Å². The summed E-state index contributed by atoms with van der Waals surface area (Å²) in [6, 6.07) is 5.69. The molecule has 0 saturated heterocycles. The second-order valence-electron chi connectivity index (χ2n) is 4.28. The summed E-state index contributed by atoms with van der Waals surface area (Å²) >= 11 is 0. The summed E-state index contributed by atoms with van der Waals surface area (Å²) in [5, 5.41) is 0. The maximum absolute atomic E-state index is 11.5. The molecule has 2 N–H and O–H groups in total. The quantitative estimate of drug-likeness (QED) is 0.607. The van der Waals surface area contributed by atoms with Crippen LogP contribution in [0.15, 0.2) is 18.2 Å². The van der Waals surface area contributed by atoms with Gasteiger partial charge in [0.2, 0.25) is 0 Å². The van der Waals surface area contributed by atoms with Crippen LogP contribution in [0.4, 0.5) is 11.4 Å². The van der Waals surface area contributed by atoms with Gasteiger partial charge in [0, 0.05) is 18.7 Å². The Kier molecular flexibility index (Phi) is 5.01. The molecule has 0 aliphatic carbocycles. The molecule has 94 valence electrons. The first kappa shape index (κ1) is 13.6. The van der Waals surface area contributed by atoms with Crippen molar-refractivity contribution in [1.82, 2.24) is 0 Å². The lowest BCUT2D eigenvalue weighted by atomic mass is 10.1. The smallest absolute Gasteiger partial charge is 0.161 e. The molecule has 1 rings (SSSR count). The van der Waals surface area contributed by atoms with E-state index in [0.29, 0.717) is 11.3 Å². The van der Waals surface area contributed by atoms with E-state index in [9.17, 15) is 4.79 Å². The molecule has 0 aliphatic heterocycles. The van der Waals surface area contributed by atoms with Gasteiger partial charge < -0.3 is 10.6 Å². The number of nitrogen functional groups attached to an aromatic ring is 1. The van der Waals surface area contributed by atoms with Crippen LogP contribution in [0, 0.1) is 0 Å². The average Bonchev–Trinajstić information content (AvgIpc) is 2.29.